The Morgan fingerprint density at radius 2 is 2.11 bits per heavy atom. The molecule has 0 radical (unpaired) electrons. The van der Waals surface area contributed by atoms with E-state index in [1.54, 1.807) is 0 Å². The van der Waals surface area contributed by atoms with Gasteiger partial charge in [0.1, 0.15) is 0 Å². The minimum atomic E-state index is -0.546. The molecule has 0 aromatic rings. The summed E-state index contributed by atoms with van der Waals surface area (Å²) in [7, 11) is 0. The van der Waals surface area contributed by atoms with Gasteiger partial charge in [-0.1, -0.05) is 0 Å². The summed E-state index contributed by atoms with van der Waals surface area (Å²) in [6, 6.07) is 1.15. The average molecular weight is 264 g/mol. The molecule has 0 bridgehead atoms. The number of carbonyl (C=O) groups excluding carboxylic acids is 1. The predicted octanol–water partition coefficient (Wildman–Crippen LogP) is 0.856. The first kappa shape index (κ1) is 12.9. The molecule has 2 N–H and O–H groups in total. The number of hydrogen-bond acceptors (Lipinski definition) is 4. The van der Waals surface area contributed by atoms with Gasteiger partial charge in [-0.3, -0.25) is 15.0 Å². The van der Waals surface area contributed by atoms with Crippen LogP contribution in [0, 0.1) is 0 Å². The topological polar surface area (TPSA) is 56.7 Å². The summed E-state index contributed by atoms with van der Waals surface area (Å²) in [5.41, 5.74) is -0.631. The van der Waals surface area contributed by atoms with E-state index in [9.17, 15) is 4.79 Å². The van der Waals surface area contributed by atoms with Crippen LogP contribution in [0.2, 0.25) is 0 Å². The van der Waals surface area contributed by atoms with Gasteiger partial charge in [-0.05, 0) is 47.0 Å². The van der Waals surface area contributed by atoms with E-state index in [0.717, 1.165) is 13.0 Å². The molecule has 106 valence electrons. The molecule has 1 saturated carbocycles. The largest absolute Gasteiger partial charge is 0.351 e. The maximum absolute atomic E-state index is 12.3. The molecule has 1 saturated heterocycles. The molecule has 1 aliphatic carbocycles. The van der Waals surface area contributed by atoms with Crippen molar-refractivity contribution in [1.29, 1.82) is 0 Å². The van der Waals surface area contributed by atoms with Crippen LogP contribution in [-0.2, 0) is 4.79 Å². The number of guanidine groups is 1. The van der Waals surface area contributed by atoms with Gasteiger partial charge in [-0.2, -0.15) is 0 Å². The van der Waals surface area contributed by atoms with Crippen molar-refractivity contribution in [3.63, 3.8) is 0 Å². The van der Waals surface area contributed by atoms with Crippen molar-refractivity contribution in [3.05, 3.63) is 0 Å². The third-order valence-electron chi connectivity index (χ3n) is 4.13. The maximum Gasteiger partial charge on any atom is 0.256 e. The maximum atomic E-state index is 12.3. The summed E-state index contributed by atoms with van der Waals surface area (Å²) in [5, 5.41) is 6.19. The fourth-order valence-corrected chi connectivity index (χ4v) is 3.20. The highest BCUT2D eigenvalue weighted by molar-refractivity contribution is 6.08. The summed E-state index contributed by atoms with van der Waals surface area (Å²) in [6.45, 7) is 9.20. The van der Waals surface area contributed by atoms with Crippen molar-refractivity contribution >= 4 is 11.9 Å². The summed E-state index contributed by atoms with van der Waals surface area (Å²) >= 11 is 0. The first-order chi connectivity index (χ1) is 8.79. The summed E-state index contributed by atoms with van der Waals surface area (Å²) in [4.78, 5) is 19.5. The lowest BCUT2D eigenvalue weighted by molar-refractivity contribution is -0.123. The number of likely N-dealkylation sites (tertiary alicyclic amines) is 1. The average Bonchev–Trinajstić information content (AvgIpc) is 2.96. The van der Waals surface area contributed by atoms with E-state index in [1.807, 2.05) is 0 Å². The minimum absolute atomic E-state index is 0.0641. The van der Waals surface area contributed by atoms with Gasteiger partial charge in [0.2, 0.25) is 0 Å². The third-order valence-corrected chi connectivity index (χ3v) is 4.13. The fourth-order valence-electron chi connectivity index (χ4n) is 3.20. The van der Waals surface area contributed by atoms with Crippen LogP contribution in [0.4, 0.5) is 0 Å². The molecular weight excluding hydrogens is 240 g/mol. The highest BCUT2D eigenvalue weighted by Crippen LogP contribution is 2.40. The summed E-state index contributed by atoms with van der Waals surface area (Å²) in [5.74, 6) is 0.705. The number of nitrogens with one attached hydrogen (secondary N) is 2. The van der Waals surface area contributed by atoms with Crippen LogP contribution in [0.1, 0.15) is 47.0 Å². The number of amides is 1. The highest BCUT2D eigenvalue weighted by atomic mass is 16.2. The van der Waals surface area contributed by atoms with Crippen molar-refractivity contribution in [3.8, 4) is 0 Å². The normalized spacial score (nSPS) is 35.7. The zero-order chi connectivity index (χ0) is 13.8. The monoisotopic (exact) mass is 264 g/mol. The molecule has 5 heteroatoms. The molecule has 0 aromatic carbocycles. The fraction of sp³-hybridized carbons (Fsp3) is 0.857. The first-order valence-electron chi connectivity index (χ1n) is 7.24. The summed E-state index contributed by atoms with van der Waals surface area (Å²) < 4.78 is 0. The SMILES string of the molecule is CC1CC2(CN1C1CC1)N=C(NC(C)(C)C)NC2=O. The van der Waals surface area contributed by atoms with Crippen molar-refractivity contribution in [2.45, 2.75) is 70.1 Å². The molecule has 2 fully saturated rings. The van der Waals surface area contributed by atoms with Gasteiger partial charge in [-0.15, -0.1) is 0 Å². The molecule has 2 unspecified atom stereocenters. The van der Waals surface area contributed by atoms with Crippen molar-refractivity contribution < 1.29 is 4.79 Å². The predicted molar refractivity (Wildman–Crippen MR) is 75.0 cm³/mol. The Labute approximate surface area is 114 Å². The molecule has 2 atom stereocenters. The molecule has 2 aliphatic heterocycles. The van der Waals surface area contributed by atoms with Crippen LogP contribution in [0.15, 0.2) is 4.99 Å². The molecule has 0 aromatic heterocycles. The van der Waals surface area contributed by atoms with E-state index in [2.05, 4.69) is 43.2 Å². The molecule has 1 amide bonds. The summed E-state index contributed by atoms with van der Waals surface area (Å²) in [6.07, 6.45) is 3.39. The second-order valence-corrected chi connectivity index (χ2v) is 7.28. The number of nitrogens with zero attached hydrogens (tertiary/aromatic N) is 2. The lowest BCUT2D eigenvalue weighted by Gasteiger charge is -2.21. The Kier molecular flexibility index (Phi) is 2.68. The van der Waals surface area contributed by atoms with Gasteiger partial charge >= 0.3 is 0 Å². The Balaban J connectivity index is 1.78. The highest BCUT2D eigenvalue weighted by Gasteiger charge is 2.54. The second-order valence-electron chi connectivity index (χ2n) is 7.28. The van der Waals surface area contributed by atoms with E-state index < -0.39 is 5.54 Å². The van der Waals surface area contributed by atoms with Crippen molar-refractivity contribution in [1.82, 2.24) is 15.5 Å². The van der Waals surface area contributed by atoms with Crippen LogP contribution in [0.5, 0.6) is 0 Å². The van der Waals surface area contributed by atoms with Crippen LogP contribution < -0.4 is 10.6 Å². The Bertz CT molecular complexity index is 435. The van der Waals surface area contributed by atoms with Crippen molar-refractivity contribution in [2.24, 2.45) is 4.99 Å². The van der Waals surface area contributed by atoms with Gasteiger partial charge in [0, 0.05) is 24.2 Å². The van der Waals surface area contributed by atoms with E-state index in [4.69, 9.17) is 4.99 Å². The van der Waals surface area contributed by atoms with Gasteiger partial charge < -0.3 is 5.32 Å². The standard InChI is InChI=1S/C14H24N4O/c1-9-7-14(8-18(9)10-5-6-10)11(19)15-12(17-14)16-13(2,3)4/h9-10H,5-8H2,1-4H3,(H2,15,16,17,19). The second kappa shape index (κ2) is 3.95. The van der Waals surface area contributed by atoms with Gasteiger partial charge in [0.25, 0.3) is 5.91 Å². The Hall–Kier alpha value is -1.10. The van der Waals surface area contributed by atoms with Crippen LogP contribution >= 0.6 is 0 Å². The van der Waals surface area contributed by atoms with E-state index in [-0.39, 0.29) is 11.4 Å². The zero-order valence-electron chi connectivity index (χ0n) is 12.3. The lowest BCUT2D eigenvalue weighted by Crippen LogP contribution is -2.48. The quantitative estimate of drug-likeness (QED) is 0.738. The molecule has 5 nitrogen and oxygen atoms in total. The van der Waals surface area contributed by atoms with Gasteiger partial charge in [0.15, 0.2) is 11.5 Å². The number of aliphatic imine (C=N–C) groups is 1. The van der Waals surface area contributed by atoms with Gasteiger partial charge in [0.05, 0.1) is 0 Å². The Morgan fingerprint density at radius 1 is 1.42 bits per heavy atom. The smallest absolute Gasteiger partial charge is 0.256 e. The van der Waals surface area contributed by atoms with Crippen molar-refractivity contribution in [2.75, 3.05) is 6.54 Å². The van der Waals surface area contributed by atoms with Gasteiger partial charge in [-0.25, -0.2) is 4.99 Å². The third kappa shape index (κ3) is 2.36. The first-order valence-corrected chi connectivity index (χ1v) is 7.24. The number of carbonyl (C=O) groups is 1. The number of rotatable bonds is 1. The van der Waals surface area contributed by atoms with E-state index in [1.165, 1.54) is 12.8 Å². The number of hydrogen-bond donors (Lipinski definition) is 2. The lowest BCUT2D eigenvalue weighted by atomic mass is 9.97. The van der Waals surface area contributed by atoms with Crippen LogP contribution in [-0.4, -0.2) is 46.5 Å². The molecule has 2 heterocycles. The molecular formula is C14H24N4O. The van der Waals surface area contributed by atoms with E-state index in [0.29, 0.717) is 18.0 Å². The molecule has 3 rings (SSSR count). The minimum Gasteiger partial charge on any atom is -0.351 e. The van der Waals surface area contributed by atoms with Crippen LogP contribution in [0.3, 0.4) is 0 Å². The molecule has 1 spiro atoms. The molecule has 3 aliphatic rings. The van der Waals surface area contributed by atoms with Crippen LogP contribution in [0.25, 0.3) is 0 Å². The Morgan fingerprint density at radius 3 is 2.68 bits per heavy atom. The van der Waals surface area contributed by atoms with E-state index >= 15 is 0 Å². The molecule has 19 heavy (non-hydrogen) atoms. The zero-order valence-corrected chi connectivity index (χ0v) is 12.3.